The fourth-order valence-electron chi connectivity index (χ4n) is 2.84. The molecule has 3 aromatic carbocycles. The van der Waals surface area contributed by atoms with E-state index in [0.29, 0.717) is 0 Å². The highest BCUT2D eigenvalue weighted by atomic mass is 16.5. The Morgan fingerprint density at radius 3 is 2.18 bits per heavy atom. The quantitative estimate of drug-likeness (QED) is 0.474. The highest BCUT2D eigenvalue weighted by Gasteiger charge is 2.27. The number of hydrogen-bond donors (Lipinski definition) is 0. The second-order valence-corrected chi connectivity index (χ2v) is 7.04. The van der Waals surface area contributed by atoms with E-state index < -0.39 is 5.41 Å². The Kier molecular flexibility index (Phi) is 5.95. The van der Waals surface area contributed by atoms with Crippen LogP contribution in [0, 0.1) is 0 Å². The van der Waals surface area contributed by atoms with Crippen LogP contribution in [0.25, 0.3) is 6.08 Å². The molecule has 0 aromatic heterocycles. The van der Waals surface area contributed by atoms with E-state index in [4.69, 9.17) is 9.47 Å². The minimum atomic E-state index is -0.624. The first-order valence-electron chi connectivity index (χ1n) is 9.19. The molecule has 0 fully saturated rings. The van der Waals surface area contributed by atoms with Crippen molar-refractivity contribution in [1.82, 2.24) is 0 Å². The number of hydrogen-bond acceptors (Lipinski definition) is 3. The topological polar surface area (TPSA) is 35.5 Å². The molecule has 0 aliphatic carbocycles. The first kappa shape index (κ1) is 19.4. The predicted molar refractivity (Wildman–Crippen MR) is 113 cm³/mol. The van der Waals surface area contributed by atoms with Crippen molar-refractivity contribution in [1.29, 1.82) is 0 Å². The minimum Gasteiger partial charge on any atom is -0.497 e. The molecule has 0 N–H and O–H groups in total. The van der Waals surface area contributed by atoms with Gasteiger partial charge in [-0.05, 0) is 67.4 Å². The summed E-state index contributed by atoms with van der Waals surface area (Å²) in [6, 6.07) is 24.9. The first-order chi connectivity index (χ1) is 13.5. The lowest BCUT2D eigenvalue weighted by atomic mass is 9.80. The number of carbonyl (C=O) groups excluding carboxylic acids is 1. The third-order valence-electron chi connectivity index (χ3n) is 4.69. The number of ether oxygens (including phenoxy) is 2. The predicted octanol–water partition coefficient (Wildman–Crippen LogP) is 6.05. The Morgan fingerprint density at radius 1 is 0.821 bits per heavy atom. The largest absolute Gasteiger partial charge is 0.497 e. The van der Waals surface area contributed by atoms with Gasteiger partial charge >= 0.3 is 0 Å². The fraction of sp³-hybridized carbons (Fsp3) is 0.160. The summed E-state index contributed by atoms with van der Waals surface area (Å²) in [6.45, 7) is 3.85. The van der Waals surface area contributed by atoms with Gasteiger partial charge in [0.05, 0.1) is 12.5 Å². The van der Waals surface area contributed by atoms with Crippen molar-refractivity contribution in [2.24, 2.45) is 0 Å². The lowest BCUT2D eigenvalue weighted by molar-refractivity contribution is -0.118. The summed E-state index contributed by atoms with van der Waals surface area (Å²) in [5, 5.41) is 0. The van der Waals surface area contributed by atoms with E-state index in [9.17, 15) is 4.79 Å². The van der Waals surface area contributed by atoms with Gasteiger partial charge < -0.3 is 9.47 Å². The van der Waals surface area contributed by atoms with Crippen LogP contribution in [0.2, 0.25) is 0 Å². The number of rotatable bonds is 7. The summed E-state index contributed by atoms with van der Waals surface area (Å²) < 4.78 is 11.0. The summed E-state index contributed by atoms with van der Waals surface area (Å²) in [6.07, 6.45) is 3.46. The van der Waals surface area contributed by atoms with Crippen molar-refractivity contribution < 1.29 is 14.3 Å². The third kappa shape index (κ3) is 4.68. The number of benzene rings is 3. The zero-order chi connectivity index (χ0) is 20.0. The molecule has 0 aliphatic heterocycles. The number of carbonyl (C=O) groups is 1. The molecule has 3 rings (SSSR count). The highest BCUT2D eigenvalue weighted by molar-refractivity contribution is 6.01. The van der Waals surface area contributed by atoms with Gasteiger partial charge in [0.1, 0.15) is 17.2 Å². The van der Waals surface area contributed by atoms with Crippen molar-refractivity contribution in [2.45, 2.75) is 19.3 Å². The van der Waals surface area contributed by atoms with Crippen LogP contribution in [0.3, 0.4) is 0 Å². The maximum Gasteiger partial charge on any atom is 0.165 e. The number of ketones is 1. The standard InChI is InChI=1S/C25H24O3/c1-25(2,20-13-15-21(27-3)16-14-20)24(26)17-12-19-8-7-11-23(18-19)28-22-9-5-4-6-10-22/h4-18H,1-3H3. The van der Waals surface area contributed by atoms with E-state index in [0.717, 1.165) is 28.4 Å². The van der Waals surface area contributed by atoms with Crippen LogP contribution in [0.4, 0.5) is 0 Å². The lowest BCUT2D eigenvalue weighted by Crippen LogP contribution is -2.27. The van der Waals surface area contributed by atoms with Gasteiger partial charge in [-0.1, -0.05) is 48.5 Å². The van der Waals surface area contributed by atoms with Crippen molar-refractivity contribution in [3.63, 3.8) is 0 Å². The van der Waals surface area contributed by atoms with Gasteiger partial charge in [0, 0.05) is 0 Å². The highest BCUT2D eigenvalue weighted by Crippen LogP contribution is 2.27. The molecule has 0 unspecified atom stereocenters. The van der Waals surface area contributed by atoms with Crippen LogP contribution in [-0.4, -0.2) is 12.9 Å². The maximum atomic E-state index is 12.8. The Bertz CT molecular complexity index is 955. The van der Waals surface area contributed by atoms with Gasteiger partial charge in [0.25, 0.3) is 0 Å². The second-order valence-electron chi connectivity index (χ2n) is 7.04. The molecular weight excluding hydrogens is 348 g/mol. The molecule has 3 nitrogen and oxygen atoms in total. The van der Waals surface area contributed by atoms with Crippen LogP contribution in [-0.2, 0) is 10.2 Å². The number of allylic oxidation sites excluding steroid dienone is 1. The molecule has 28 heavy (non-hydrogen) atoms. The Morgan fingerprint density at radius 2 is 1.50 bits per heavy atom. The molecule has 0 atom stereocenters. The second kappa shape index (κ2) is 8.57. The summed E-state index contributed by atoms with van der Waals surface area (Å²) in [7, 11) is 1.63. The number of para-hydroxylation sites is 1. The molecule has 0 saturated carbocycles. The summed E-state index contributed by atoms with van der Waals surface area (Å²) in [4.78, 5) is 12.8. The average Bonchev–Trinajstić information content (AvgIpc) is 2.73. The molecule has 3 heteroatoms. The third-order valence-corrected chi connectivity index (χ3v) is 4.69. The molecule has 0 radical (unpaired) electrons. The van der Waals surface area contributed by atoms with Crippen LogP contribution < -0.4 is 9.47 Å². The normalized spacial score (nSPS) is 11.4. The molecule has 0 amide bonds. The van der Waals surface area contributed by atoms with Gasteiger partial charge in [-0.2, -0.15) is 0 Å². The van der Waals surface area contributed by atoms with Gasteiger partial charge in [-0.25, -0.2) is 0 Å². The minimum absolute atomic E-state index is 0.0343. The van der Waals surface area contributed by atoms with Gasteiger partial charge in [-0.3, -0.25) is 4.79 Å². The summed E-state index contributed by atoms with van der Waals surface area (Å²) in [5.41, 5.74) is 1.23. The Labute approximate surface area is 166 Å². The van der Waals surface area contributed by atoms with E-state index in [2.05, 4.69) is 0 Å². The van der Waals surface area contributed by atoms with E-state index >= 15 is 0 Å². The van der Waals surface area contributed by atoms with Crippen molar-refractivity contribution in [3.05, 3.63) is 96.1 Å². The molecule has 0 saturated heterocycles. The Balaban J connectivity index is 1.73. The van der Waals surface area contributed by atoms with Crippen molar-refractivity contribution >= 4 is 11.9 Å². The van der Waals surface area contributed by atoms with Gasteiger partial charge in [0.15, 0.2) is 5.78 Å². The van der Waals surface area contributed by atoms with Crippen molar-refractivity contribution in [2.75, 3.05) is 7.11 Å². The smallest absolute Gasteiger partial charge is 0.165 e. The molecule has 0 aliphatic rings. The summed E-state index contributed by atoms with van der Waals surface area (Å²) in [5.74, 6) is 2.32. The van der Waals surface area contributed by atoms with Crippen LogP contribution in [0.15, 0.2) is 84.9 Å². The Hall–Kier alpha value is -3.33. The monoisotopic (exact) mass is 372 g/mol. The molecule has 0 heterocycles. The molecule has 0 bridgehead atoms. The average molecular weight is 372 g/mol. The van der Waals surface area contributed by atoms with E-state index in [1.165, 1.54) is 0 Å². The zero-order valence-corrected chi connectivity index (χ0v) is 16.4. The molecule has 3 aromatic rings. The van der Waals surface area contributed by atoms with Crippen molar-refractivity contribution in [3.8, 4) is 17.2 Å². The van der Waals surface area contributed by atoms with E-state index in [1.54, 1.807) is 13.2 Å². The number of methoxy groups -OCH3 is 1. The first-order valence-corrected chi connectivity index (χ1v) is 9.19. The summed E-state index contributed by atoms with van der Waals surface area (Å²) >= 11 is 0. The maximum absolute atomic E-state index is 12.8. The fourth-order valence-corrected chi connectivity index (χ4v) is 2.84. The van der Waals surface area contributed by atoms with Gasteiger partial charge in [-0.15, -0.1) is 0 Å². The molecule has 142 valence electrons. The molecular formula is C25H24O3. The molecule has 0 spiro atoms. The van der Waals surface area contributed by atoms with Crippen LogP contribution in [0.5, 0.6) is 17.2 Å². The zero-order valence-electron chi connectivity index (χ0n) is 16.4. The van der Waals surface area contributed by atoms with Gasteiger partial charge in [0.2, 0.25) is 0 Å². The van der Waals surface area contributed by atoms with E-state index in [-0.39, 0.29) is 5.78 Å². The van der Waals surface area contributed by atoms with Crippen LogP contribution in [0.1, 0.15) is 25.0 Å². The van der Waals surface area contributed by atoms with Crippen LogP contribution >= 0.6 is 0 Å². The van der Waals surface area contributed by atoms with E-state index in [1.807, 2.05) is 98.8 Å². The SMILES string of the molecule is COc1ccc(C(C)(C)C(=O)C=Cc2cccc(Oc3ccccc3)c2)cc1. The lowest BCUT2D eigenvalue weighted by Gasteiger charge is -2.22.